The summed E-state index contributed by atoms with van der Waals surface area (Å²) in [5, 5.41) is 1.97. The monoisotopic (exact) mass is 426 g/mol. The molecule has 0 aliphatic carbocycles. The van der Waals surface area contributed by atoms with Gasteiger partial charge in [-0.15, -0.1) is 0 Å². The van der Waals surface area contributed by atoms with Gasteiger partial charge in [-0.05, 0) is 47.5 Å². The zero-order valence-electron chi connectivity index (χ0n) is 8.93. The Morgan fingerprint density at radius 3 is 2.06 bits per heavy atom. The fourth-order valence-electron chi connectivity index (χ4n) is 1.59. The highest BCUT2D eigenvalue weighted by Gasteiger charge is 2.17. The maximum absolute atomic E-state index is 6.21. The molecule has 0 aliphatic heterocycles. The van der Waals surface area contributed by atoms with Gasteiger partial charge in [-0.2, -0.15) is 0 Å². The van der Waals surface area contributed by atoms with Crippen LogP contribution in [0.4, 0.5) is 0 Å². The van der Waals surface area contributed by atoms with Gasteiger partial charge in [0, 0.05) is 19.5 Å². The fraction of sp³-hybridized carbons (Fsp3) is 0.0769. The lowest BCUT2D eigenvalue weighted by atomic mass is 10.0. The van der Waals surface area contributed by atoms with Crippen molar-refractivity contribution in [3.63, 3.8) is 0 Å². The molecule has 2 rings (SSSR count). The van der Waals surface area contributed by atoms with Crippen LogP contribution in [0.2, 0.25) is 15.1 Å². The van der Waals surface area contributed by atoms with E-state index in [4.69, 9.17) is 34.8 Å². The lowest BCUT2D eigenvalue weighted by molar-refractivity contribution is 1.17. The largest absolute Gasteiger partial charge is 0.0843 e. The number of alkyl halides is 1. The normalized spacial score (nSPS) is 12.5. The van der Waals surface area contributed by atoms with Gasteiger partial charge in [0.1, 0.15) is 0 Å². The van der Waals surface area contributed by atoms with E-state index in [0.29, 0.717) is 15.1 Å². The minimum Gasteiger partial charge on any atom is -0.0843 e. The first-order valence-electron chi connectivity index (χ1n) is 5.03. The van der Waals surface area contributed by atoms with Gasteiger partial charge in [0.25, 0.3) is 0 Å². The Morgan fingerprint density at radius 1 is 0.833 bits per heavy atom. The lowest BCUT2D eigenvalue weighted by Gasteiger charge is -2.15. The molecular formula is C13H7Br2Cl3. The van der Waals surface area contributed by atoms with E-state index in [0.717, 1.165) is 15.6 Å². The molecule has 0 nitrogen and oxygen atoms in total. The van der Waals surface area contributed by atoms with Crippen molar-refractivity contribution in [1.29, 1.82) is 0 Å². The number of hydrogen-bond donors (Lipinski definition) is 0. The van der Waals surface area contributed by atoms with Crippen molar-refractivity contribution in [3.8, 4) is 0 Å². The molecule has 0 heterocycles. The topological polar surface area (TPSA) is 0 Å². The molecule has 0 N–H and O–H groups in total. The average Bonchev–Trinajstić information content (AvgIpc) is 2.34. The average molecular weight is 429 g/mol. The molecule has 0 spiro atoms. The summed E-state index contributed by atoms with van der Waals surface area (Å²) in [7, 11) is 0. The standard InChI is InChI=1S/C13H7Br2Cl3/c14-7-1-3-11(17)9(5-7)13(15)10-6-8(16)2-4-12(10)18/h1-6,13H. The highest BCUT2D eigenvalue weighted by molar-refractivity contribution is 9.10. The summed E-state index contributed by atoms with van der Waals surface area (Å²) in [5.41, 5.74) is 1.83. The second-order valence-electron chi connectivity index (χ2n) is 3.69. The second-order valence-corrected chi connectivity index (χ2v) is 6.78. The molecule has 1 atom stereocenters. The molecule has 2 aromatic carbocycles. The van der Waals surface area contributed by atoms with Crippen LogP contribution in [-0.2, 0) is 0 Å². The zero-order chi connectivity index (χ0) is 13.3. The van der Waals surface area contributed by atoms with Crippen LogP contribution in [0.1, 0.15) is 16.0 Å². The molecule has 0 fully saturated rings. The van der Waals surface area contributed by atoms with Crippen molar-refractivity contribution in [1.82, 2.24) is 0 Å². The van der Waals surface area contributed by atoms with E-state index >= 15 is 0 Å². The molecule has 0 radical (unpaired) electrons. The van der Waals surface area contributed by atoms with Crippen LogP contribution < -0.4 is 0 Å². The van der Waals surface area contributed by atoms with E-state index in [1.807, 2.05) is 24.3 Å². The number of hydrogen-bond acceptors (Lipinski definition) is 0. The van der Waals surface area contributed by atoms with Gasteiger partial charge < -0.3 is 0 Å². The molecule has 0 bridgehead atoms. The summed E-state index contributed by atoms with van der Waals surface area (Å²) in [6.07, 6.45) is 0. The van der Waals surface area contributed by atoms with E-state index in [-0.39, 0.29) is 4.83 Å². The van der Waals surface area contributed by atoms with Crippen LogP contribution in [-0.4, -0.2) is 0 Å². The Morgan fingerprint density at radius 2 is 1.39 bits per heavy atom. The van der Waals surface area contributed by atoms with Gasteiger partial charge in [-0.25, -0.2) is 0 Å². The third-order valence-electron chi connectivity index (χ3n) is 2.46. The molecule has 0 aliphatic rings. The summed E-state index contributed by atoms with van der Waals surface area (Å²) in [6, 6.07) is 11.1. The smallest absolute Gasteiger partial charge is 0.0674 e. The van der Waals surface area contributed by atoms with Crippen molar-refractivity contribution in [2.75, 3.05) is 0 Å². The summed E-state index contributed by atoms with van der Waals surface area (Å²) < 4.78 is 0.963. The van der Waals surface area contributed by atoms with Gasteiger partial charge >= 0.3 is 0 Å². The Balaban J connectivity index is 2.50. The van der Waals surface area contributed by atoms with Crippen LogP contribution >= 0.6 is 66.7 Å². The van der Waals surface area contributed by atoms with Gasteiger partial charge in [0.05, 0.1) is 4.83 Å². The predicted octanol–water partition coefficient (Wildman–Crippen LogP) is 6.89. The lowest BCUT2D eigenvalue weighted by Crippen LogP contribution is -1.95. The summed E-state index contributed by atoms with van der Waals surface area (Å²) in [5.74, 6) is 0. The maximum Gasteiger partial charge on any atom is 0.0674 e. The first-order chi connectivity index (χ1) is 8.49. The molecule has 1 unspecified atom stereocenters. The number of benzene rings is 2. The van der Waals surface area contributed by atoms with Gasteiger partial charge in [0.2, 0.25) is 0 Å². The summed E-state index contributed by atoms with van der Waals surface area (Å²) in [4.78, 5) is -0.103. The molecule has 0 amide bonds. The van der Waals surface area contributed by atoms with Crippen molar-refractivity contribution in [2.24, 2.45) is 0 Å². The Bertz CT molecular complexity index is 533. The fourth-order valence-corrected chi connectivity index (χ4v) is 3.62. The molecule has 94 valence electrons. The summed E-state index contributed by atoms with van der Waals surface area (Å²) >= 11 is 25.4. The Labute approximate surface area is 137 Å². The highest BCUT2D eigenvalue weighted by atomic mass is 79.9. The maximum atomic E-state index is 6.21. The first kappa shape index (κ1) is 14.7. The second kappa shape index (κ2) is 6.15. The molecule has 0 saturated heterocycles. The third-order valence-corrected chi connectivity index (χ3v) is 4.87. The Hall–Kier alpha value is 0.270. The van der Waals surface area contributed by atoms with E-state index in [1.165, 1.54) is 0 Å². The van der Waals surface area contributed by atoms with Crippen LogP contribution in [0.25, 0.3) is 0 Å². The molecule has 18 heavy (non-hydrogen) atoms. The minimum atomic E-state index is -0.103. The Kier molecular flexibility index (Phi) is 5.01. The number of rotatable bonds is 2. The molecule has 0 saturated carbocycles. The summed E-state index contributed by atoms with van der Waals surface area (Å²) in [6.45, 7) is 0. The molecular weight excluding hydrogens is 422 g/mol. The predicted molar refractivity (Wildman–Crippen MR) is 86.4 cm³/mol. The minimum absolute atomic E-state index is 0.103. The quantitative estimate of drug-likeness (QED) is 0.456. The third kappa shape index (κ3) is 3.23. The zero-order valence-corrected chi connectivity index (χ0v) is 14.4. The van der Waals surface area contributed by atoms with E-state index in [1.54, 1.807) is 12.1 Å². The molecule has 2 aromatic rings. The van der Waals surface area contributed by atoms with E-state index in [2.05, 4.69) is 31.9 Å². The van der Waals surface area contributed by atoms with Crippen molar-refractivity contribution in [3.05, 3.63) is 67.1 Å². The highest BCUT2D eigenvalue weighted by Crippen LogP contribution is 2.40. The van der Waals surface area contributed by atoms with E-state index in [9.17, 15) is 0 Å². The SMILES string of the molecule is Clc1ccc(Cl)c(C(Br)c2cc(Br)ccc2Cl)c1. The van der Waals surface area contributed by atoms with Gasteiger partial charge in [0.15, 0.2) is 0 Å². The van der Waals surface area contributed by atoms with Crippen LogP contribution in [0.3, 0.4) is 0 Å². The molecule has 0 aromatic heterocycles. The van der Waals surface area contributed by atoms with Crippen LogP contribution in [0.5, 0.6) is 0 Å². The van der Waals surface area contributed by atoms with E-state index < -0.39 is 0 Å². The van der Waals surface area contributed by atoms with Crippen LogP contribution in [0.15, 0.2) is 40.9 Å². The van der Waals surface area contributed by atoms with Gasteiger partial charge in [-0.1, -0.05) is 66.7 Å². The number of halogens is 5. The molecule has 5 heteroatoms. The first-order valence-corrected chi connectivity index (χ1v) is 7.87. The van der Waals surface area contributed by atoms with Gasteiger partial charge in [-0.3, -0.25) is 0 Å². The van der Waals surface area contributed by atoms with Crippen LogP contribution in [0, 0.1) is 0 Å². The van der Waals surface area contributed by atoms with Crippen molar-refractivity contribution >= 4 is 66.7 Å². The van der Waals surface area contributed by atoms with Crippen molar-refractivity contribution < 1.29 is 0 Å². The van der Waals surface area contributed by atoms with Crippen molar-refractivity contribution in [2.45, 2.75) is 4.83 Å².